The van der Waals surface area contributed by atoms with Crippen LogP contribution in [0.5, 0.6) is 0 Å². The number of hydrogen-bond donors (Lipinski definition) is 2. The fourth-order valence-corrected chi connectivity index (χ4v) is 1.22. The van der Waals surface area contributed by atoms with Gasteiger partial charge in [0.25, 0.3) is 0 Å². The van der Waals surface area contributed by atoms with Crippen molar-refractivity contribution in [1.29, 1.82) is 0 Å². The number of rotatable bonds is 6. The lowest BCUT2D eigenvalue weighted by atomic mass is 10.0. The average Bonchev–Trinajstić information content (AvgIpc) is 2.70. The molecule has 0 atom stereocenters. The van der Waals surface area contributed by atoms with Gasteiger partial charge in [-0.3, -0.25) is 4.79 Å². The Morgan fingerprint density at radius 3 is 2.81 bits per heavy atom. The third-order valence-electron chi connectivity index (χ3n) is 2.56. The zero-order valence-corrected chi connectivity index (χ0v) is 10.2. The molecule has 0 spiro atoms. The Labute approximate surface area is 96.4 Å². The van der Waals surface area contributed by atoms with Gasteiger partial charge in [-0.1, -0.05) is 6.92 Å². The molecular formula is C12H20N2O2. The van der Waals surface area contributed by atoms with E-state index in [4.69, 9.17) is 4.42 Å². The molecule has 0 bridgehead atoms. The molecule has 90 valence electrons. The third-order valence-corrected chi connectivity index (χ3v) is 2.56. The van der Waals surface area contributed by atoms with Gasteiger partial charge in [-0.25, -0.2) is 0 Å². The summed E-state index contributed by atoms with van der Waals surface area (Å²) in [6.45, 7) is 7.06. The van der Waals surface area contributed by atoms with Crippen LogP contribution in [0.4, 0.5) is 0 Å². The van der Waals surface area contributed by atoms with Crippen LogP contribution in [0, 0.1) is 0 Å². The Kier molecular flexibility index (Phi) is 4.55. The number of furan rings is 1. The molecule has 0 saturated carbocycles. The third kappa shape index (κ3) is 4.49. The summed E-state index contributed by atoms with van der Waals surface area (Å²) in [6, 6.07) is 1.88. The minimum absolute atomic E-state index is 0.0235. The minimum Gasteiger partial charge on any atom is -0.472 e. The summed E-state index contributed by atoms with van der Waals surface area (Å²) in [5.41, 5.74) is 0.913. The van der Waals surface area contributed by atoms with Crippen molar-refractivity contribution in [3.63, 3.8) is 0 Å². The van der Waals surface area contributed by atoms with Gasteiger partial charge < -0.3 is 15.1 Å². The molecule has 1 aromatic rings. The molecule has 0 unspecified atom stereocenters. The van der Waals surface area contributed by atoms with Crippen molar-refractivity contribution in [2.75, 3.05) is 6.54 Å². The van der Waals surface area contributed by atoms with Gasteiger partial charge in [0.05, 0.1) is 19.1 Å². The van der Waals surface area contributed by atoms with Crippen molar-refractivity contribution < 1.29 is 9.21 Å². The lowest BCUT2D eigenvalue weighted by Crippen LogP contribution is -2.46. The van der Waals surface area contributed by atoms with E-state index in [1.54, 1.807) is 12.5 Å². The Balaban J connectivity index is 2.20. The molecule has 0 radical (unpaired) electrons. The van der Waals surface area contributed by atoms with Crippen molar-refractivity contribution in [1.82, 2.24) is 10.6 Å². The maximum atomic E-state index is 11.5. The summed E-state index contributed by atoms with van der Waals surface area (Å²) in [6.07, 6.45) is 4.21. The van der Waals surface area contributed by atoms with Crippen molar-refractivity contribution in [2.24, 2.45) is 0 Å². The maximum Gasteiger partial charge on any atom is 0.234 e. The van der Waals surface area contributed by atoms with Crippen molar-refractivity contribution in [3.8, 4) is 0 Å². The highest BCUT2D eigenvalue weighted by molar-refractivity contribution is 5.78. The molecule has 0 aliphatic rings. The lowest BCUT2D eigenvalue weighted by molar-refractivity contribution is -0.121. The predicted octanol–water partition coefficient (Wildman–Crippen LogP) is 1.67. The molecule has 4 heteroatoms. The molecule has 0 aromatic carbocycles. The van der Waals surface area contributed by atoms with Gasteiger partial charge in [0.15, 0.2) is 0 Å². The SMILES string of the molecule is CCC(C)(C)NC(=O)CNCc1ccoc1. The van der Waals surface area contributed by atoms with E-state index >= 15 is 0 Å². The van der Waals surface area contributed by atoms with Crippen LogP contribution >= 0.6 is 0 Å². The number of amides is 1. The molecule has 16 heavy (non-hydrogen) atoms. The monoisotopic (exact) mass is 224 g/mol. The Bertz CT molecular complexity index is 318. The fraction of sp³-hybridized carbons (Fsp3) is 0.583. The maximum absolute atomic E-state index is 11.5. The molecule has 0 fully saturated rings. The van der Waals surface area contributed by atoms with Gasteiger partial charge in [-0.15, -0.1) is 0 Å². The molecule has 1 heterocycles. The van der Waals surface area contributed by atoms with Gasteiger partial charge in [-0.2, -0.15) is 0 Å². The second-order valence-corrected chi connectivity index (χ2v) is 4.52. The van der Waals surface area contributed by atoms with Crippen LogP contribution < -0.4 is 10.6 Å². The molecule has 1 amide bonds. The number of carbonyl (C=O) groups is 1. The fourth-order valence-electron chi connectivity index (χ4n) is 1.22. The van der Waals surface area contributed by atoms with E-state index in [0.717, 1.165) is 12.0 Å². The highest BCUT2D eigenvalue weighted by Gasteiger charge is 2.16. The van der Waals surface area contributed by atoms with Crippen molar-refractivity contribution in [3.05, 3.63) is 24.2 Å². The first-order valence-corrected chi connectivity index (χ1v) is 5.56. The molecule has 1 rings (SSSR count). The summed E-state index contributed by atoms with van der Waals surface area (Å²) in [7, 11) is 0. The smallest absolute Gasteiger partial charge is 0.234 e. The second-order valence-electron chi connectivity index (χ2n) is 4.52. The quantitative estimate of drug-likeness (QED) is 0.773. The standard InChI is InChI=1S/C12H20N2O2/c1-4-12(2,3)14-11(15)8-13-7-10-5-6-16-9-10/h5-6,9,13H,4,7-8H2,1-3H3,(H,14,15). The van der Waals surface area contributed by atoms with E-state index in [2.05, 4.69) is 17.6 Å². The second kappa shape index (κ2) is 5.70. The van der Waals surface area contributed by atoms with Gasteiger partial charge in [-0.05, 0) is 26.3 Å². The summed E-state index contributed by atoms with van der Waals surface area (Å²) in [4.78, 5) is 11.5. The summed E-state index contributed by atoms with van der Waals surface area (Å²) >= 11 is 0. The lowest BCUT2D eigenvalue weighted by Gasteiger charge is -2.24. The Hall–Kier alpha value is -1.29. The van der Waals surface area contributed by atoms with Crippen LogP contribution in [0.15, 0.2) is 23.0 Å². The van der Waals surface area contributed by atoms with Gasteiger partial charge >= 0.3 is 0 Å². The number of nitrogens with one attached hydrogen (secondary N) is 2. The Morgan fingerprint density at radius 1 is 1.50 bits per heavy atom. The van der Waals surface area contributed by atoms with E-state index in [1.807, 2.05) is 19.9 Å². The zero-order chi connectivity index (χ0) is 12.0. The van der Waals surface area contributed by atoms with Crippen LogP contribution in [0.3, 0.4) is 0 Å². The van der Waals surface area contributed by atoms with Crippen LogP contribution in [0.25, 0.3) is 0 Å². The Morgan fingerprint density at radius 2 is 2.25 bits per heavy atom. The van der Waals surface area contributed by atoms with Crippen molar-refractivity contribution in [2.45, 2.75) is 39.3 Å². The zero-order valence-electron chi connectivity index (χ0n) is 10.2. The predicted molar refractivity (Wildman–Crippen MR) is 62.9 cm³/mol. The van der Waals surface area contributed by atoms with E-state index in [9.17, 15) is 4.79 Å². The first kappa shape index (κ1) is 12.8. The van der Waals surface area contributed by atoms with Crippen LogP contribution in [-0.4, -0.2) is 18.0 Å². The highest BCUT2D eigenvalue weighted by Crippen LogP contribution is 2.05. The van der Waals surface area contributed by atoms with Crippen LogP contribution in [0.2, 0.25) is 0 Å². The topological polar surface area (TPSA) is 54.3 Å². The highest BCUT2D eigenvalue weighted by atomic mass is 16.3. The van der Waals surface area contributed by atoms with Crippen LogP contribution in [0.1, 0.15) is 32.8 Å². The van der Waals surface area contributed by atoms with Crippen LogP contribution in [-0.2, 0) is 11.3 Å². The van der Waals surface area contributed by atoms with Gasteiger partial charge in [0.1, 0.15) is 0 Å². The average molecular weight is 224 g/mol. The van der Waals surface area contributed by atoms with E-state index < -0.39 is 0 Å². The van der Waals surface area contributed by atoms with E-state index in [1.165, 1.54) is 0 Å². The first-order chi connectivity index (χ1) is 7.53. The molecule has 0 aliphatic carbocycles. The molecule has 1 aromatic heterocycles. The molecule has 0 aliphatic heterocycles. The van der Waals surface area contributed by atoms with Gasteiger partial charge in [0.2, 0.25) is 5.91 Å². The summed E-state index contributed by atoms with van der Waals surface area (Å²) in [5, 5.41) is 6.02. The molecular weight excluding hydrogens is 204 g/mol. The number of hydrogen-bond acceptors (Lipinski definition) is 3. The molecule has 4 nitrogen and oxygen atoms in total. The minimum atomic E-state index is -0.131. The van der Waals surface area contributed by atoms with E-state index in [-0.39, 0.29) is 11.4 Å². The largest absolute Gasteiger partial charge is 0.472 e. The summed E-state index contributed by atoms with van der Waals surface area (Å²) < 4.78 is 4.93. The molecule has 0 saturated heterocycles. The normalized spacial score (nSPS) is 11.4. The molecule has 2 N–H and O–H groups in total. The first-order valence-electron chi connectivity index (χ1n) is 5.56. The van der Waals surface area contributed by atoms with E-state index in [0.29, 0.717) is 13.1 Å². The number of carbonyl (C=O) groups excluding carboxylic acids is 1. The van der Waals surface area contributed by atoms with Gasteiger partial charge in [0, 0.05) is 17.6 Å². The van der Waals surface area contributed by atoms with Crippen molar-refractivity contribution >= 4 is 5.91 Å². The summed E-state index contributed by atoms with van der Waals surface area (Å²) in [5.74, 6) is 0.0235.